The first-order valence-corrected chi connectivity index (χ1v) is 11.3. The molecule has 4 heterocycles. The monoisotopic (exact) mass is 452 g/mol. The Morgan fingerprint density at radius 3 is 2.70 bits per heavy atom. The van der Waals surface area contributed by atoms with Crippen LogP contribution in [0.3, 0.4) is 0 Å². The highest BCUT2D eigenvalue weighted by Crippen LogP contribution is 2.33. The lowest BCUT2D eigenvalue weighted by Crippen LogP contribution is -2.43. The number of carbonyl (C=O) groups excluding carboxylic acids is 1. The molecule has 2 aliphatic rings. The molecule has 2 atom stereocenters. The fourth-order valence-electron chi connectivity index (χ4n) is 4.29. The molecule has 0 saturated carbocycles. The number of ether oxygens (including phenoxy) is 2. The van der Waals surface area contributed by atoms with Crippen molar-refractivity contribution in [2.75, 3.05) is 57.2 Å². The summed E-state index contributed by atoms with van der Waals surface area (Å²) >= 11 is 0. The molecule has 0 spiro atoms. The lowest BCUT2D eigenvalue weighted by Gasteiger charge is -2.34. The average Bonchev–Trinajstić information content (AvgIpc) is 3.17. The third-order valence-electron chi connectivity index (χ3n) is 6.15. The fraction of sp³-hybridized carbons (Fsp3) is 0.500. The molecule has 9 heteroatoms. The smallest absolute Gasteiger partial charge is 0.246 e. The Morgan fingerprint density at radius 2 is 2.03 bits per heavy atom. The lowest BCUT2D eigenvalue weighted by atomic mass is 10.1. The summed E-state index contributed by atoms with van der Waals surface area (Å²) in [5.41, 5.74) is 2.49. The first kappa shape index (κ1) is 23.1. The van der Waals surface area contributed by atoms with Crippen LogP contribution in [0.25, 0.3) is 16.6 Å². The molecule has 1 N–H and O–H groups in total. The standard InChI is InChI=1S/C24H32N6O3/c1-15(12-16(2)23(31)25-3)20-9-8-19-21(26-20)27-24(29(4)10-11-32-5)28-22(19)30-13-17-6-7-18(14-30)33-17/h8-9,12,17-18H,1,6-7,10-11,13-14H2,2-5H3,(H,25,31). The molecule has 0 aromatic carbocycles. The number of rotatable bonds is 8. The van der Waals surface area contributed by atoms with E-state index in [4.69, 9.17) is 24.4 Å². The highest BCUT2D eigenvalue weighted by Gasteiger charge is 2.35. The molecule has 2 fully saturated rings. The predicted molar refractivity (Wildman–Crippen MR) is 129 cm³/mol. The van der Waals surface area contributed by atoms with Crippen molar-refractivity contribution >= 4 is 34.3 Å². The number of likely N-dealkylation sites (N-methyl/N-ethyl adjacent to an activating group) is 2. The van der Waals surface area contributed by atoms with Gasteiger partial charge in [-0.3, -0.25) is 4.79 Å². The fourth-order valence-corrected chi connectivity index (χ4v) is 4.29. The van der Waals surface area contributed by atoms with E-state index in [-0.39, 0.29) is 18.1 Å². The number of anilines is 2. The molecule has 33 heavy (non-hydrogen) atoms. The zero-order valence-electron chi connectivity index (χ0n) is 19.8. The van der Waals surface area contributed by atoms with Gasteiger partial charge in [0.2, 0.25) is 11.9 Å². The Bertz CT molecular complexity index is 1070. The summed E-state index contributed by atoms with van der Waals surface area (Å²) < 4.78 is 11.3. The van der Waals surface area contributed by atoms with Gasteiger partial charge in [-0.1, -0.05) is 6.58 Å². The van der Waals surface area contributed by atoms with Crippen LogP contribution >= 0.6 is 0 Å². The molecule has 2 bridgehead atoms. The number of morpholine rings is 1. The zero-order valence-corrected chi connectivity index (χ0v) is 19.8. The Labute approximate surface area is 194 Å². The molecule has 2 unspecified atom stereocenters. The number of hydrogen-bond acceptors (Lipinski definition) is 8. The van der Waals surface area contributed by atoms with Gasteiger partial charge in [-0.25, -0.2) is 4.98 Å². The molecule has 2 aromatic heterocycles. The van der Waals surface area contributed by atoms with Gasteiger partial charge in [-0.2, -0.15) is 9.97 Å². The Balaban J connectivity index is 1.74. The minimum atomic E-state index is -0.148. The number of carbonyl (C=O) groups is 1. The summed E-state index contributed by atoms with van der Waals surface area (Å²) in [7, 11) is 5.23. The van der Waals surface area contributed by atoms with Crippen molar-refractivity contribution in [2.45, 2.75) is 32.0 Å². The molecule has 2 aromatic rings. The van der Waals surface area contributed by atoms with Gasteiger partial charge in [0.1, 0.15) is 5.82 Å². The van der Waals surface area contributed by atoms with Crippen LogP contribution in [0.2, 0.25) is 0 Å². The second kappa shape index (κ2) is 9.84. The highest BCUT2D eigenvalue weighted by molar-refractivity contribution is 5.96. The quantitative estimate of drug-likeness (QED) is 0.481. The van der Waals surface area contributed by atoms with Crippen molar-refractivity contribution < 1.29 is 14.3 Å². The van der Waals surface area contributed by atoms with Gasteiger partial charge in [-0.05, 0) is 43.5 Å². The van der Waals surface area contributed by atoms with Gasteiger partial charge in [0, 0.05) is 46.4 Å². The SMILES string of the molecule is C=C(C=C(C)C(=O)NC)c1ccc2c(N3CC4CCC(C3)O4)nc(N(C)CCOC)nc2n1. The number of nitrogens with one attached hydrogen (secondary N) is 1. The highest BCUT2D eigenvalue weighted by atomic mass is 16.5. The number of hydrogen-bond donors (Lipinski definition) is 1. The first-order chi connectivity index (χ1) is 15.9. The van der Waals surface area contributed by atoms with E-state index in [0.29, 0.717) is 41.6 Å². The molecule has 4 rings (SSSR count). The molecule has 176 valence electrons. The number of allylic oxidation sites excluding steroid dienone is 2. The Morgan fingerprint density at radius 1 is 1.30 bits per heavy atom. The van der Waals surface area contributed by atoms with Crippen molar-refractivity contribution in [2.24, 2.45) is 0 Å². The molecule has 1 amide bonds. The summed E-state index contributed by atoms with van der Waals surface area (Å²) in [6.07, 6.45) is 4.40. The van der Waals surface area contributed by atoms with E-state index in [9.17, 15) is 4.79 Å². The van der Waals surface area contributed by atoms with Gasteiger partial charge < -0.3 is 24.6 Å². The van der Waals surface area contributed by atoms with Crippen molar-refractivity contribution in [3.8, 4) is 0 Å². The second-order valence-corrected chi connectivity index (χ2v) is 8.62. The minimum Gasteiger partial charge on any atom is -0.383 e. The summed E-state index contributed by atoms with van der Waals surface area (Å²) in [6.45, 7) is 8.72. The summed E-state index contributed by atoms with van der Waals surface area (Å²) in [5.74, 6) is 1.33. The minimum absolute atomic E-state index is 0.148. The second-order valence-electron chi connectivity index (χ2n) is 8.62. The summed E-state index contributed by atoms with van der Waals surface area (Å²) in [5, 5.41) is 3.52. The maximum absolute atomic E-state index is 11.9. The first-order valence-electron chi connectivity index (χ1n) is 11.3. The number of pyridine rings is 1. The van der Waals surface area contributed by atoms with Crippen LogP contribution in [-0.2, 0) is 14.3 Å². The van der Waals surface area contributed by atoms with Gasteiger partial charge in [0.15, 0.2) is 5.65 Å². The van der Waals surface area contributed by atoms with Crippen LogP contribution in [0.15, 0.2) is 30.4 Å². The number of methoxy groups -OCH3 is 1. The van der Waals surface area contributed by atoms with Crippen LogP contribution in [0.1, 0.15) is 25.5 Å². The molecular formula is C24H32N6O3. The number of amides is 1. The molecule has 0 radical (unpaired) electrons. The molecule has 2 aliphatic heterocycles. The van der Waals surface area contributed by atoms with Crippen molar-refractivity contribution in [1.82, 2.24) is 20.3 Å². The average molecular weight is 453 g/mol. The van der Waals surface area contributed by atoms with Crippen molar-refractivity contribution in [3.05, 3.63) is 36.1 Å². The topological polar surface area (TPSA) is 92.7 Å². The van der Waals surface area contributed by atoms with Crippen molar-refractivity contribution in [1.29, 1.82) is 0 Å². The summed E-state index contributed by atoms with van der Waals surface area (Å²) in [4.78, 5) is 30.7. The normalized spacial score (nSPS) is 20.2. The third kappa shape index (κ3) is 4.99. The maximum Gasteiger partial charge on any atom is 0.246 e. The number of fused-ring (bicyclic) bond motifs is 3. The van der Waals surface area contributed by atoms with E-state index in [2.05, 4.69) is 16.8 Å². The van der Waals surface area contributed by atoms with E-state index in [1.54, 1.807) is 27.2 Å². The van der Waals surface area contributed by atoms with Gasteiger partial charge in [0.05, 0.1) is 29.9 Å². The third-order valence-corrected chi connectivity index (χ3v) is 6.15. The van der Waals surface area contributed by atoms with Gasteiger partial charge >= 0.3 is 0 Å². The predicted octanol–water partition coefficient (Wildman–Crippen LogP) is 2.18. The maximum atomic E-state index is 11.9. The number of aromatic nitrogens is 3. The zero-order chi connectivity index (χ0) is 23.5. The molecule has 2 saturated heterocycles. The van der Waals surface area contributed by atoms with E-state index < -0.39 is 0 Å². The van der Waals surface area contributed by atoms with Crippen molar-refractivity contribution in [3.63, 3.8) is 0 Å². The number of nitrogens with zero attached hydrogens (tertiary/aromatic N) is 5. The van der Waals surface area contributed by atoms with E-state index in [1.165, 1.54) is 0 Å². The van der Waals surface area contributed by atoms with Crippen LogP contribution in [0, 0.1) is 0 Å². The van der Waals surface area contributed by atoms with E-state index >= 15 is 0 Å². The van der Waals surface area contributed by atoms with Crippen LogP contribution in [0.4, 0.5) is 11.8 Å². The van der Waals surface area contributed by atoms with Crippen LogP contribution < -0.4 is 15.1 Å². The van der Waals surface area contributed by atoms with E-state index in [0.717, 1.165) is 37.1 Å². The molecule has 0 aliphatic carbocycles. The van der Waals surface area contributed by atoms with E-state index in [1.807, 2.05) is 24.1 Å². The molecule has 9 nitrogen and oxygen atoms in total. The van der Waals surface area contributed by atoms with Crippen LogP contribution in [-0.4, -0.2) is 80.5 Å². The largest absolute Gasteiger partial charge is 0.383 e. The molecular weight excluding hydrogens is 420 g/mol. The van der Waals surface area contributed by atoms with Gasteiger partial charge in [0.25, 0.3) is 0 Å². The lowest BCUT2D eigenvalue weighted by molar-refractivity contribution is -0.116. The Hall–Kier alpha value is -3.04. The summed E-state index contributed by atoms with van der Waals surface area (Å²) in [6, 6.07) is 3.91. The van der Waals surface area contributed by atoms with Gasteiger partial charge in [-0.15, -0.1) is 0 Å². The Kier molecular flexibility index (Phi) is 6.90. The van der Waals surface area contributed by atoms with Crippen LogP contribution in [0.5, 0.6) is 0 Å².